The number of hydrogen-bond acceptors (Lipinski definition) is 3. The summed E-state index contributed by atoms with van der Waals surface area (Å²) in [5.74, 6) is 0.448. The first-order valence-corrected chi connectivity index (χ1v) is 5.48. The summed E-state index contributed by atoms with van der Waals surface area (Å²) in [6.45, 7) is 4.82. The number of nitrogens with zero attached hydrogens (tertiary/aromatic N) is 1. The van der Waals surface area contributed by atoms with Crippen molar-refractivity contribution in [3.8, 4) is 0 Å². The van der Waals surface area contributed by atoms with Crippen molar-refractivity contribution >= 4 is 27.3 Å². The Morgan fingerprint density at radius 3 is 2.73 bits per heavy atom. The lowest BCUT2D eigenvalue weighted by atomic mass is 10.2. The molecule has 0 unspecified atom stereocenters. The van der Waals surface area contributed by atoms with Gasteiger partial charge in [-0.05, 0) is 18.1 Å². The first-order chi connectivity index (χ1) is 7.00. The van der Waals surface area contributed by atoms with Crippen molar-refractivity contribution in [1.82, 2.24) is 0 Å². The lowest BCUT2D eigenvalue weighted by Gasteiger charge is -2.09. The van der Waals surface area contributed by atoms with Gasteiger partial charge in [0.25, 0.3) is 5.69 Å². The van der Waals surface area contributed by atoms with Gasteiger partial charge in [0.2, 0.25) is 0 Å². The Bertz CT molecular complexity index is 366. The highest BCUT2D eigenvalue weighted by Crippen LogP contribution is 2.27. The molecule has 0 heterocycles. The Hall–Kier alpha value is -1.10. The lowest BCUT2D eigenvalue weighted by molar-refractivity contribution is -0.384. The number of nitro groups is 1. The second-order valence-corrected chi connectivity index (χ2v) is 4.61. The molecule has 0 radical (unpaired) electrons. The van der Waals surface area contributed by atoms with Crippen LogP contribution in [-0.2, 0) is 0 Å². The molecule has 0 bridgehead atoms. The van der Waals surface area contributed by atoms with Gasteiger partial charge in [0.15, 0.2) is 0 Å². The molecule has 0 amide bonds. The Kier molecular flexibility index (Phi) is 4.08. The number of nitrogens with one attached hydrogen (secondary N) is 1. The number of hydrogen-bond donors (Lipinski definition) is 1. The molecule has 1 rings (SSSR count). The second kappa shape index (κ2) is 5.11. The van der Waals surface area contributed by atoms with E-state index in [-0.39, 0.29) is 10.6 Å². The predicted octanol–water partition coefficient (Wildman–Crippen LogP) is 3.43. The molecule has 0 aliphatic heterocycles. The fraction of sp³-hybridized carbons (Fsp3) is 0.400. The van der Waals surface area contributed by atoms with Gasteiger partial charge in [-0.15, -0.1) is 0 Å². The summed E-state index contributed by atoms with van der Waals surface area (Å²) >= 11 is 3.29. The van der Waals surface area contributed by atoms with Gasteiger partial charge in [-0.25, -0.2) is 0 Å². The van der Waals surface area contributed by atoms with E-state index in [1.54, 1.807) is 12.1 Å². The average Bonchev–Trinajstić information content (AvgIpc) is 2.14. The van der Waals surface area contributed by atoms with Crippen LogP contribution >= 0.6 is 15.9 Å². The molecule has 1 aromatic rings. The summed E-state index contributed by atoms with van der Waals surface area (Å²) in [6.07, 6.45) is 0. The quantitative estimate of drug-likeness (QED) is 0.675. The molecule has 0 aliphatic rings. The van der Waals surface area contributed by atoms with Gasteiger partial charge in [-0.1, -0.05) is 29.8 Å². The van der Waals surface area contributed by atoms with Crippen LogP contribution in [0.3, 0.4) is 0 Å². The normalized spacial score (nSPS) is 10.4. The third-order valence-electron chi connectivity index (χ3n) is 1.86. The maximum atomic E-state index is 10.7. The topological polar surface area (TPSA) is 55.2 Å². The summed E-state index contributed by atoms with van der Waals surface area (Å²) in [6, 6.07) is 4.88. The smallest absolute Gasteiger partial charge is 0.292 e. The van der Waals surface area contributed by atoms with E-state index in [2.05, 4.69) is 35.1 Å². The van der Waals surface area contributed by atoms with Crippen molar-refractivity contribution in [3.05, 3.63) is 32.8 Å². The SMILES string of the molecule is CC(C)CNc1cc(Br)ccc1[N+](=O)[O-]. The number of nitro benzene ring substituents is 1. The van der Waals surface area contributed by atoms with E-state index in [9.17, 15) is 10.1 Å². The monoisotopic (exact) mass is 272 g/mol. The highest BCUT2D eigenvalue weighted by molar-refractivity contribution is 9.10. The molecule has 0 saturated heterocycles. The first-order valence-electron chi connectivity index (χ1n) is 4.68. The zero-order chi connectivity index (χ0) is 11.4. The number of halogens is 1. The van der Waals surface area contributed by atoms with Crippen molar-refractivity contribution in [1.29, 1.82) is 0 Å². The molecule has 4 nitrogen and oxygen atoms in total. The molecule has 0 spiro atoms. The van der Waals surface area contributed by atoms with Crippen LogP contribution in [0.1, 0.15) is 13.8 Å². The third-order valence-corrected chi connectivity index (χ3v) is 2.35. The van der Waals surface area contributed by atoms with Gasteiger partial charge >= 0.3 is 0 Å². The minimum atomic E-state index is -0.380. The molecule has 0 aromatic heterocycles. The van der Waals surface area contributed by atoms with Crippen molar-refractivity contribution in [2.45, 2.75) is 13.8 Å². The van der Waals surface area contributed by atoms with Crippen LogP contribution in [0, 0.1) is 16.0 Å². The van der Waals surface area contributed by atoms with Gasteiger partial charge in [0, 0.05) is 17.1 Å². The van der Waals surface area contributed by atoms with Gasteiger partial charge in [-0.3, -0.25) is 10.1 Å². The molecule has 15 heavy (non-hydrogen) atoms. The van der Waals surface area contributed by atoms with E-state index in [0.717, 1.165) is 11.0 Å². The summed E-state index contributed by atoms with van der Waals surface area (Å²) in [4.78, 5) is 10.3. The summed E-state index contributed by atoms with van der Waals surface area (Å²) in [5, 5.41) is 13.8. The molecule has 0 fully saturated rings. The van der Waals surface area contributed by atoms with Crippen LogP contribution in [0.4, 0.5) is 11.4 Å². The zero-order valence-electron chi connectivity index (χ0n) is 8.66. The first kappa shape index (κ1) is 12.0. The van der Waals surface area contributed by atoms with Crippen molar-refractivity contribution in [3.63, 3.8) is 0 Å². The molecule has 82 valence electrons. The Balaban J connectivity index is 2.92. The summed E-state index contributed by atoms with van der Waals surface area (Å²) in [5.41, 5.74) is 0.668. The fourth-order valence-corrected chi connectivity index (χ4v) is 1.48. The number of rotatable bonds is 4. The maximum Gasteiger partial charge on any atom is 0.292 e. The van der Waals surface area contributed by atoms with Crippen LogP contribution in [0.5, 0.6) is 0 Å². The molecule has 0 aliphatic carbocycles. The molecule has 1 N–H and O–H groups in total. The Morgan fingerprint density at radius 2 is 2.20 bits per heavy atom. The van der Waals surface area contributed by atoms with E-state index in [1.807, 2.05) is 0 Å². The predicted molar refractivity (Wildman–Crippen MR) is 64.1 cm³/mol. The molecular formula is C10H13BrN2O2. The highest BCUT2D eigenvalue weighted by atomic mass is 79.9. The van der Waals surface area contributed by atoms with Crippen LogP contribution in [0.2, 0.25) is 0 Å². The zero-order valence-corrected chi connectivity index (χ0v) is 10.2. The lowest BCUT2D eigenvalue weighted by Crippen LogP contribution is -2.09. The van der Waals surface area contributed by atoms with Crippen LogP contribution < -0.4 is 5.32 Å². The van der Waals surface area contributed by atoms with E-state index < -0.39 is 0 Å². The maximum absolute atomic E-state index is 10.7. The number of benzene rings is 1. The summed E-state index contributed by atoms with van der Waals surface area (Å²) < 4.78 is 0.833. The average molecular weight is 273 g/mol. The minimum absolute atomic E-state index is 0.110. The largest absolute Gasteiger partial charge is 0.379 e. The van der Waals surface area contributed by atoms with E-state index in [4.69, 9.17) is 0 Å². The molecule has 0 atom stereocenters. The van der Waals surface area contributed by atoms with Crippen LogP contribution in [0.15, 0.2) is 22.7 Å². The van der Waals surface area contributed by atoms with E-state index >= 15 is 0 Å². The van der Waals surface area contributed by atoms with Crippen molar-refractivity contribution in [2.24, 2.45) is 5.92 Å². The molecule has 5 heteroatoms. The van der Waals surface area contributed by atoms with E-state index in [1.165, 1.54) is 6.07 Å². The number of anilines is 1. The fourth-order valence-electron chi connectivity index (χ4n) is 1.12. The summed E-state index contributed by atoms with van der Waals surface area (Å²) in [7, 11) is 0. The molecular weight excluding hydrogens is 260 g/mol. The van der Waals surface area contributed by atoms with E-state index in [0.29, 0.717) is 11.6 Å². The standard InChI is InChI=1S/C10H13BrN2O2/c1-7(2)6-12-9-5-8(11)3-4-10(9)13(14)15/h3-5,7,12H,6H2,1-2H3. The molecule has 0 saturated carbocycles. The van der Waals surface area contributed by atoms with Gasteiger partial charge in [0.05, 0.1) is 4.92 Å². The van der Waals surface area contributed by atoms with Gasteiger partial charge < -0.3 is 5.32 Å². The third kappa shape index (κ3) is 3.51. The van der Waals surface area contributed by atoms with Crippen LogP contribution in [0.25, 0.3) is 0 Å². The molecule has 1 aromatic carbocycles. The highest BCUT2D eigenvalue weighted by Gasteiger charge is 2.13. The minimum Gasteiger partial charge on any atom is -0.379 e. The van der Waals surface area contributed by atoms with Gasteiger partial charge in [0.1, 0.15) is 5.69 Å². The van der Waals surface area contributed by atoms with Crippen LogP contribution in [-0.4, -0.2) is 11.5 Å². The Labute approximate surface area is 97.0 Å². The van der Waals surface area contributed by atoms with Crippen molar-refractivity contribution in [2.75, 3.05) is 11.9 Å². The van der Waals surface area contributed by atoms with Crippen molar-refractivity contribution < 1.29 is 4.92 Å². The van der Waals surface area contributed by atoms with Gasteiger partial charge in [-0.2, -0.15) is 0 Å². The Morgan fingerprint density at radius 1 is 1.53 bits per heavy atom. The second-order valence-electron chi connectivity index (χ2n) is 3.69.